The molecule has 1 aromatic rings. The number of hydrogen-bond donors (Lipinski definition) is 2. The van der Waals surface area contributed by atoms with Crippen molar-refractivity contribution >= 4 is 18.3 Å². The molecule has 0 atom stereocenters. The van der Waals surface area contributed by atoms with Gasteiger partial charge in [0.25, 0.3) is 0 Å². The molecule has 0 unspecified atom stereocenters. The largest absolute Gasteiger partial charge is 0.385 e. The molecule has 0 radical (unpaired) electrons. The SMILES string of the molecule is Fc1cc(NCC2CCC2)ccc1S. The molecule has 3 heteroatoms. The summed E-state index contributed by atoms with van der Waals surface area (Å²) in [5, 5.41) is 3.24. The second-order valence-corrected chi connectivity index (χ2v) is 4.33. The third kappa shape index (κ3) is 2.21. The highest BCUT2D eigenvalue weighted by Crippen LogP contribution is 2.26. The molecule has 1 nitrogen and oxygen atoms in total. The van der Waals surface area contributed by atoms with Gasteiger partial charge < -0.3 is 5.32 Å². The zero-order valence-electron chi connectivity index (χ0n) is 7.96. The van der Waals surface area contributed by atoms with Gasteiger partial charge >= 0.3 is 0 Å². The van der Waals surface area contributed by atoms with Crippen LogP contribution in [0.1, 0.15) is 19.3 Å². The number of halogens is 1. The molecule has 0 amide bonds. The Morgan fingerprint density at radius 3 is 2.79 bits per heavy atom. The Labute approximate surface area is 89.1 Å². The molecule has 0 heterocycles. The number of hydrogen-bond acceptors (Lipinski definition) is 2. The number of anilines is 1. The van der Waals surface area contributed by atoms with E-state index in [1.165, 1.54) is 25.3 Å². The van der Waals surface area contributed by atoms with Gasteiger partial charge in [0.1, 0.15) is 5.82 Å². The summed E-state index contributed by atoms with van der Waals surface area (Å²) in [7, 11) is 0. The van der Waals surface area contributed by atoms with E-state index in [2.05, 4.69) is 17.9 Å². The van der Waals surface area contributed by atoms with Crippen molar-refractivity contribution in [2.75, 3.05) is 11.9 Å². The van der Waals surface area contributed by atoms with Crippen LogP contribution in [-0.2, 0) is 0 Å². The summed E-state index contributed by atoms with van der Waals surface area (Å²) < 4.78 is 13.1. The molecular weight excluding hydrogens is 197 g/mol. The third-order valence-corrected chi connectivity index (χ3v) is 3.13. The highest BCUT2D eigenvalue weighted by molar-refractivity contribution is 7.80. The summed E-state index contributed by atoms with van der Waals surface area (Å²) in [5.41, 5.74) is 0.854. The van der Waals surface area contributed by atoms with Crippen molar-refractivity contribution in [2.45, 2.75) is 24.2 Å². The molecule has 0 spiro atoms. The zero-order valence-corrected chi connectivity index (χ0v) is 8.86. The van der Waals surface area contributed by atoms with Crippen LogP contribution in [0.15, 0.2) is 23.1 Å². The molecule has 14 heavy (non-hydrogen) atoms. The van der Waals surface area contributed by atoms with Crippen LogP contribution in [0.5, 0.6) is 0 Å². The molecular formula is C11H14FNS. The molecule has 1 saturated carbocycles. The molecule has 0 aliphatic heterocycles. The first-order valence-corrected chi connectivity index (χ1v) is 5.43. The minimum Gasteiger partial charge on any atom is -0.385 e. The van der Waals surface area contributed by atoms with Crippen molar-refractivity contribution < 1.29 is 4.39 Å². The lowest BCUT2D eigenvalue weighted by Crippen LogP contribution is -2.20. The second kappa shape index (κ2) is 4.22. The number of nitrogens with one attached hydrogen (secondary N) is 1. The maximum Gasteiger partial charge on any atom is 0.138 e. The predicted molar refractivity (Wildman–Crippen MR) is 59.5 cm³/mol. The quantitative estimate of drug-likeness (QED) is 0.731. The standard InChI is InChI=1S/C11H14FNS/c12-10-6-9(4-5-11(10)14)13-7-8-2-1-3-8/h4-6,8,13-14H,1-3,7H2. The number of benzene rings is 1. The minimum atomic E-state index is -0.257. The van der Waals surface area contributed by atoms with E-state index in [-0.39, 0.29) is 5.82 Å². The summed E-state index contributed by atoms with van der Waals surface area (Å²) in [5.74, 6) is 0.528. The summed E-state index contributed by atoms with van der Waals surface area (Å²) >= 11 is 3.98. The van der Waals surface area contributed by atoms with Crippen molar-refractivity contribution in [3.05, 3.63) is 24.0 Å². The third-order valence-electron chi connectivity index (χ3n) is 2.77. The molecule has 0 saturated heterocycles. The van der Waals surface area contributed by atoms with Crippen molar-refractivity contribution in [1.29, 1.82) is 0 Å². The molecule has 1 N–H and O–H groups in total. The Hall–Kier alpha value is -0.700. The van der Waals surface area contributed by atoms with Gasteiger partial charge in [-0.3, -0.25) is 0 Å². The van der Waals surface area contributed by atoms with Crippen LogP contribution in [0.25, 0.3) is 0 Å². The van der Waals surface area contributed by atoms with Crippen molar-refractivity contribution in [1.82, 2.24) is 0 Å². The first-order chi connectivity index (χ1) is 6.75. The van der Waals surface area contributed by atoms with Crippen molar-refractivity contribution in [3.63, 3.8) is 0 Å². The van der Waals surface area contributed by atoms with E-state index in [1.54, 1.807) is 6.07 Å². The highest BCUT2D eigenvalue weighted by Gasteiger charge is 2.16. The van der Waals surface area contributed by atoms with Gasteiger partial charge in [-0.2, -0.15) is 0 Å². The average molecular weight is 211 g/mol. The van der Waals surface area contributed by atoms with Crippen LogP contribution >= 0.6 is 12.6 Å². The number of rotatable bonds is 3. The maximum atomic E-state index is 13.1. The van der Waals surface area contributed by atoms with Crippen molar-refractivity contribution in [2.24, 2.45) is 5.92 Å². The van der Waals surface area contributed by atoms with E-state index in [0.717, 1.165) is 18.2 Å². The van der Waals surface area contributed by atoms with E-state index in [0.29, 0.717) is 4.90 Å². The predicted octanol–water partition coefficient (Wildman–Crippen LogP) is 3.33. The maximum absolute atomic E-state index is 13.1. The Balaban J connectivity index is 1.91. The van der Waals surface area contributed by atoms with Crippen molar-refractivity contribution in [3.8, 4) is 0 Å². The normalized spacial score (nSPS) is 16.4. The summed E-state index contributed by atoms with van der Waals surface area (Å²) in [4.78, 5) is 0.402. The summed E-state index contributed by atoms with van der Waals surface area (Å²) in [6, 6.07) is 5.05. The first kappa shape index (κ1) is 9.84. The van der Waals surface area contributed by atoms with Crippen LogP contribution in [0.3, 0.4) is 0 Å². The van der Waals surface area contributed by atoms with Crippen LogP contribution in [0.2, 0.25) is 0 Å². The Morgan fingerprint density at radius 1 is 1.43 bits per heavy atom. The van der Waals surface area contributed by atoms with Gasteiger partial charge in [0.15, 0.2) is 0 Å². The summed E-state index contributed by atoms with van der Waals surface area (Å²) in [6.45, 7) is 0.964. The molecule has 1 aliphatic carbocycles. The van der Waals surface area contributed by atoms with E-state index in [1.807, 2.05) is 6.07 Å². The molecule has 0 bridgehead atoms. The highest BCUT2D eigenvalue weighted by atomic mass is 32.1. The molecule has 76 valence electrons. The van der Waals surface area contributed by atoms with E-state index in [4.69, 9.17) is 0 Å². The topological polar surface area (TPSA) is 12.0 Å². The van der Waals surface area contributed by atoms with Gasteiger partial charge in [-0.1, -0.05) is 6.42 Å². The molecule has 0 aromatic heterocycles. The monoisotopic (exact) mass is 211 g/mol. The lowest BCUT2D eigenvalue weighted by molar-refractivity contribution is 0.333. The van der Waals surface area contributed by atoms with Crippen LogP contribution in [0, 0.1) is 11.7 Å². The van der Waals surface area contributed by atoms with Gasteiger partial charge in [0.05, 0.1) is 0 Å². The molecule has 1 aliphatic rings. The zero-order chi connectivity index (χ0) is 9.97. The summed E-state index contributed by atoms with van der Waals surface area (Å²) in [6.07, 6.45) is 3.95. The second-order valence-electron chi connectivity index (χ2n) is 3.84. The van der Waals surface area contributed by atoms with Gasteiger partial charge in [0, 0.05) is 17.1 Å². The minimum absolute atomic E-state index is 0.257. The lowest BCUT2D eigenvalue weighted by Gasteiger charge is -2.25. The first-order valence-electron chi connectivity index (χ1n) is 4.98. The fourth-order valence-corrected chi connectivity index (χ4v) is 1.72. The smallest absolute Gasteiger partial charge is 0.138 e. The number of thiol groups is 1. The van der Waals surface area contributed by atoms with Crippen LogP contribution in [-0.4, -0.2) is 6.54 Å². The van der Waals surface area contributed by atoms with E-state index < -0.39 is 0 Å². The Bertz CT molecular complexity index is 323. The van der Waals surface area contributed by atoms with E-state index in [9.17, 15) is 4.39 Å². The van der Waals surface area contributed by atoms with Gasteiger partial charge in [-0.25, -0.2) is 4.39 Å². The molecule has 1 fully saturated rings. The van der Waals surface area contributed by atoms with Crippen LogP contribution in [0.4, 0.5) is 10.1 Å². The average Bonchev–Trinajstić information content (AvgIpc) is 2.08. The lowest BCUT2D eigenvalue weighted by atomic mass is 9.85. The Kier molecular flexibility index (Phi) is 2.96. The van der Waals surface area contributed by atoms with Gasteiger partial charge in [0.2, 0.25) is 0 Å². The fourth-order valence-electron chi connectivity index (χ4n) is 1.58. The van der Waals surface area contributed by atoms with Gasteiger partial charge in [-0.15, -0.1) is 12.6 Å². The fraction of sp³-hybridized carbons (Fsp3) is 0.455. The van der Waals surface area contributed by atoms with Gasteiger partial charge in [-0.05, 0) is 37.0 Å². The van der Waals surface area contributed by atoms with E-state index >= 15 is 0 Å². The molecule has 2 rings (SSSR count). The van der Waals surface area contributed by atoms with Crippen LogP contribution < -0.4 is 5.32 Å². The Morgan fingerprint density at radius 2 is 2.21 bits per heavy atom. The molecule has 1 aromatic carbocycles.